The maximum absolute atomic E-state index is 8.89. The zero-order valence-corrected chi connectivity index (χ0v) is 16.1. The highest BCUT2D eigenvalue weighted by atomic mass is 16.5. The Hall–Kier alpha value is -0.610. The van der Waals surface area contributed by atoms with Gasteiger partial charge >= 0.3 is 0 Å². The van der Waals surface area contributed by atoms with Crippen LogP contribution in [0, 0.1) is 0 Å². The van der Waals surface area contributed by atoms with Crippen molar-refractivity contribution in [1.82, 2.24) is 4.90 Å². The summed E-state index contributed by atoms with van der Waals surface area (Å²) in [5.74, 6) is -1.08. The highest BCUT2D eigenvalue weighted by molar-refractivity contribution is 5.60. The lowest BCUT2D eigenvalue weighted by Gasteiger charge is -2.40. The molecule has 4 heteroatoms. The van der Waals surface area contributed by atoms with E-state index in [1.54, 1.807) is 0 Å². The molecule has 2 atom stereocenters. The fourth-order valence-electron chi connectivity index (χ4n) is 4.02. The van der Waals surface area contributed by atoms with E-state index >= 15 is 0 Å². The third-order valence-corrected chi connectivity index (χ3v) is 5.04. The summed E-state index contributed by atoms with van der Waals surface area (Å²) in [5, 5.41) is 8.89. The van der Waals surface area contributed by atoms with Crippen LogP contribution in [0.3, 0.4) is 0 Å². The van der Waals surface area contributed by atoms with Crippen LogP contribution < -0.4 is 5.11 Å². The summed E-state index contributed by atoms with van der Waals surface area (Å²) < 4.78 is 5.90. The number of carboxylic acid groups (broad SMARTS) is 1. The summed E-state index contributed by atoms with van der Waals surface area (Å²) in [4.78, 5) is 11.6. The molecule has 0 radical (unpaired) electrons. The van der Waals surface area contributed by atoms with Gasteiger partial charge in [0, 0.05) is 25.1 Å². The van der Waals surface area contributed by atoms with Gasteiger partial charge in [-0.05, 0) is 33.6 Å². The smallest absolute Gasteiger partial charge is 0.0678 e. The first-order valence-corrected chi connectivity index (χ1v) is 10.1. The number of carboxylic acids is 1. The molecule has 1 saturated carbocycles. The molecule has 0 aromatic heterocycles. The minimum absolute atomic E-state index is 0.417. The van der Waals surface area contributed by atoms with Crippen molar-refractivity contribution in [3.63, 3.8) is 0 Å². The normalized spacial score (nSPS) is 28.8. The van der Waals surface area contributed by atoms with Crippen molar-refractivity contribution in [2.45, 2.75) is 110 Å². The van der Waals surface area contributed by atoms with Crippen LogP contribution >= 0.6 is 0 Å². The molecule has 1 saturated heterocycles. The monoisotopic (exact) mass is 340 g/mol. The van der Waals surface area contributed by atoms with Gasteiger partial charge in [0.2, 0.25) is 0 Å². The molecular formula is C20H38NO3-. The average Bonchev–Trinajstić information content (AvgIpc) is 2.46. The number of carbonyl (C=O) groups is 1. The summed E-state index contributed by atoms with van der Waals surface area (Å²) in [6.07, 6.45) is 16.8. The molecule has 1 heterocycles. The second-order valence-corrected chi connectivity index (χ2v) is 7.62. The summed E-state index contributed by atoms with van der Waals surface area (Å²) in [6.45, 7) is 7.74. The van der Waals surface area contributed by atoms with Crippen molar-refractivity contribution < 1.29 is 14.6 Å². The summed E-state index contributed by atoms with van der Waals surface area (Å²) >= 11 is 0. The lowest BCUT2D eigenvalue weighted by atomic mass is 9.96. The molecule has 0 amide bonds. The van der Waals surface area contributed by atoms with Crippen LogP contribution in [0.2, 0.25) is 0 Å². The summed E-state index contributed by atoms with van der Waals surface area (Å²) in [6, 6.07) is 0.822. The van der Waals surface area contributed by atoms with Crippen molar-refractivity contribution in [3.8, 4) is 0 Å². The topological polar surface area (TPSA) is 52.6 Å². The van der Waals surface area contributed by atoms with E-state index in [9.17, 15) is 0 Å². The van der Waals surface area contributed by atoms with E-state index in [0.717, 1.165) is 26.1 Å². The minimum atomic E-state index is -1.08. The number of carbonyl (C=O) groups excluding carboxylic acids is 1. The Balaban J connectivity index is 0.000000648. The summed E-state index contributed by atoms with van der Waals surface area (Å²) in [7, 11) is 0. The Morgan fingerprint density at radius 2 is 1.17 bits per heavy atom. The van der Waals surface area contributed by atoms with Gasteiger partial charge in [-0.3, -0.25) is 4.90 Å². The molecule has 2 aliphatic rings. The third kappa shape index (κ3) is 10.3. The highest BCUT2D eigenvalue weighted by Gasteiger charge is 2.27. The molecule has 0 aromatic rings. The molecule has 24 heavy (non-hydrogen) atoms. The fourth-order valence-corrected chi connectivity index (χ4v) is 4.02. The van der Waals surface area contributed by atoms with E-state index < -0.39 is 5.97 Å². The number of hydrogen-bond acceptors (Lipinski definition) is 4. The van der Waals surface area contributed by atoms with Crippen LogP contribution in [0.4, 0.5) is 0 Å². The molecule has 2 fully saturated rings. The van der Waals surface area contributed by atoms with Crippen LogP contribution in [-0.4, -0.2) is 42.2 Å². The molecular weight excluding hydrogens is 302 g/mol. The van der Waals surface area contributed by atoms with Gasteiger partial charge in [0.15, 0.2) is 0 Å². The maximum atomic E-state index is 8.89. The van der Waals surface area contributed by atoms with Crippen molar-refractivity contribution in [2.75, 3.05) is 13.1 Å². The second-order valence-electron chi connectivity index (χ2n) is 7.62. The van der Waals surface area contributed by atoms with E-state index in [4.69, 9.17) is 14.6 Å². The number of nitrogens with zero attached hydrogens (tertiary/aromatic N) is 1. The third-order valence-electron chi connectivity index (χ3n) is 5.04. The predicted octanol–water partition coefficient (Wildman–Crippen LogP) is 3.53. The average molecular weight is 341 g/mol. The van der Waals surface area contributed by atoms with Gasteiger partial charge < -0.3 is 14.6 Å². The van der Waals surface area contributed by atoms with E-state index in [2.05, 4.69) is 18.7 Å². The Morgan fingerprint density at radius 1 is 0.833 bits per heavy atom. The first-order chi connectivity index (χ1) is 11.5. The Morgan fingerprint density at radius 3 is 1.54 bits per heavy atom. The molecule has 142 valence electrons. The van der Waals surface area contributed by atoms with E-state index in [-0.39, 0.29) is 0 Å². The van der Waals surface area contributed by atoms with Gasteiger partial charge in [-0.15, -0.1) is 0 Å². The van der Waals surface area contributed by atoms with Crippen molar-refractivity contribution >= 4 is 5.97 Å². The Kier molecular flexibility index (Phi) is 11.4. The molecule has 0 bridgehead atoms. The Labute approximate surface area is 148 Å². The molecule has 0 spiro atoms. The molecule has 1 aliphatic carbocycles. The van der Waals surface area contributed by atoms with Crippen LogP contribution in [-0.2, 0) is 9.53 Å². The van der Waals surface area contributed by atoms with E-state index in [0.29, 0.717) is 12.2 Å². The van der Waals surface area contributed by atoms with Gasteiger partial charge in [-0.25, -0.2) is 0 Å². The zero-order chi connectivity index (χ0) is 17.8. The van der Waals surface area contributed by atoms with Crippen molar-refractivity contribution in [3.05, 3.63) is 0 Å². The van der Waals surface area contributed by atoms with Gasteiger partial charge in [-0.2, -0.15) is 0 Å². The molecule has 0 aromatic carbocycles. The summed E-state index contributed by atoms with van der Waals surface area (Å²) in [5.41, 5.74) is 0. The molecule has 0 N–H and O–H groups in total. The van der Waals surface area contributed by atoms with Crippen molar-refractivity contribution in [1.29, 1.82) is 0 Å². The first kappa shape index (κ1) is 21.4. The number of ether oxygens (including phenoxy) is 1. The van der Waals surface area contributed by atoms with Crippen LogP contribution in [0.5, 0.6) is 0 Å². The minimum Gasteiger partial charge on any atom is -0.550 e. The van der Waals surface area contributed by atoms with Crippen LogP contribution in [0.1, 0.15) is 91.4 Å². The SMILES string of the molecule is CC(=O)[O-].CC1CN(C2CCCCCCCCCCC2)CC(C)O1. The maximum Gasteiger partial charge on any atom is 0.0678 e. The predicted molar refractivity (Wildman–Crippen MR) is 96.8 cm³/mol. The fraction of sp³-hybridized carbons (Fsp3) is 0.950. The van der Waals surface area contributed by atoms with Gasteiger partial charge in [0.25, 0.3) is 0 Å². The lowest BCUT2D eigenvalue weighted by Crippen LogP contribution is -2.50. The molecule has 2 rings (SSSR count). The second kappa shape index (κ2) is 12.7. The number of aliphatic carboxylic acids is 1. The zero-order valence-electron chi connectivity index (χ0n) is 16.1. The highest BCUT2D eigenvalue weighted by Crippen LogP contribution is 2.23. The lowest BCUT2D eigenvalue weighted by molar-refractivity contribution is -0.302. The van der Waals surface area contributed by atoms with Crippen LogP contribution in [0.15, 0.2) is 0 Å². The van der Waals surface area contributed by atoms with Gasteiger partial charge in [0.05, 0.1) is 12.2 Å². The standard InChI is InChI=1S/C18H35NO.C2H4O2/c1-16-14-19(15-17(2)20-16)18-12-10-8-6-4-3-5-7-9-11-13-18;1-2(3)4/h16-18H,3-15H2,1-2H3;1H3,(H,3,4)/p-1. The van der Waals surface area contributed by atoms with Gasteiger partial charge in [-0.1, -0.05) is 57.8 Å². The largest absolute Gasteiger partial charge is 0.550 e. The number of hydrogen-bond donors (Lipinski definition) is 0. The Bertz CT molecular complexity index is 309. The number of rotatable bonds is 1. The molecule has 1 aliphatic heterocycles. The van der Waals surface area contributed by atoms with Gasteiger partial charge in [0.1, 0.15) is 0 Å². The van der Waals surface area contributed by atoms with E-state index in [1.807, 2.05) is 0 Å². The molecule has 4 nitrogen and oxygen atoms in total. The quantitative estimate of drug-likeness (QED) is 0.733. The van der Waals surface area contributed by atoms with Crippen molar-refractivity contribution in [2.24, 2.45) is 0 Å². The van der Waals surface area contributed by atoms with E-state index in [1.165, 1.54) is 70.6 Å². The number of morpholine rings is 1. The first-order valence-electron chi connectivity index (χ1n) is 10.1. The molecule has 2 unspecified atom stereocenters. The van der Waals surface area contributed by atoms with Crippen LogP contribution in [0.25, 0.3) is 0 Å².